The Kier molecular flexibility index (Phi) is 2.21. The van der Waals surface area contributed by atoms with Gasteiger partial charge >= 0.3 is 5.97 Å². The third kappa shape index (κ3) is 1.60. The summed E-state index contributed by atoms with van der Waals surface area (Å²) in [5, 5.41) is 0. The predicted molar refractivity (Wildman–Crippen MR) is 49.8 cm³/mol. The Morgan fingerprint density at radius 3 is 2.73 bits per heavy atom. The quantitative estimate of drug-likeness (QED) is 0.704. The highest BCUT2D eigenvalue weighted by atomic mass is 19.3. The topological polar surface area (TPSA) is 26.3 Å². The minimum Gasteiger partial charge on any atom is -0.451 e. The summed E-state index contributed by atoms with van der Waals surface area (Å²) in [5.41, 5.74) is -0.238. The van der Waals surface area contributed by atoms with Crippen LogP contribution in [0.25, 0.3) is 0 Å². The first-order valence-corrected chi connectivity index (χ1v) is 4.64. The number of hydrogen-bond donors (Lipinski definition) is 0. The number of ether oxygens (including phenoxy) is 1. The van der Waals surface area contributed by atoms with Crippen LogP contribution in [0.4, 0.5) is 8.78 Å². The zero-order chi connectivity index (χ0) is 11.1. The van der Waals surface area contributed by atoms with E-state index in [4.69, 9.17) is 4.74 Å². The monoisotopic (exact) mass is 212 g/mol. The molecule has 80 valence electrons. The Morgan fingerprint density at radius 2 is 2.07 bits per heavy atom. The van der Waals surface area contributed by atoms with E-state index in [-0.39, 0.29) is 0 Å². The fraction of sp³-hybridized carbons (Fsp3) is 0.364. The van der Waals surface area contributed by atoms with E-state index in [1.54, 1.807) is 24.3 Å². The molecule has 0 aromatic heterocycles. The second-order valence-corrected chi connectivity index (χ2v) is 3.76. The van der Waals surface area contributed by atoms with Crippen LogP contribution in [0.5, 0.6) is 0 Å². The third-order valence-corrected chi connectivity index (χ3v) is 2.58. The number of carbonyl (C=O) groups excluding carboxylic acids is 1. The Balaban J connectivity index is 2.43. The summed E-state index contributed by atoms with van der Waals surface area (Å²) in [7, 11) is 0. The van der Waals surface area contributed by atoms with Crippen molar-refractivity contribution >= 4 is 5.97 Å². The fourth-order valence-electron chi connectivity index (χ4n) is 1.88. The first-order valence-electron chi connectivity index (χ1n) is 4.64. The molecule has 0 spiro atoms. The first-order chi connectivity index (χ1) is 7.03. The van der Waals surface area contributed by atoms with Crippen molar-refractivity contribution in [3.8, 4) is 0 Å². The molecule has 15 heavy (non-hydrogen) atoms. The molecule has 1 aromatic carbocycles. The molecule has 0 amide bonds. The van der Waals surface area contributed by atoms with E-state index >= 15 is 0 Å². The first kappa shape index (κ1) is 10.1. The average Bonchev–Trinajstić information content (AvgIpc) is 2.39. The molecular weight excluding hydrogens is 202 g/mol. The summed E-state index contributed by atoms with van der Waals surface area (Å²) in [6.07, 6.45) is -2.95. The maximum Gasteiger partial charge on any atom is 0.339 e. The highest BCUT2D eigenvalue weighted by molar-refractivity contribution is 5.94. The van der Waals surface area contributed by atoms with E-state index in [2.05, 4.69) is 0 Å². The van der Waals surface area contributed by atoms with Crippen LogP contribution >= 0.6 is 0 Å². The molecule has 1 unspecified atom stereocenters. The molecule has 0 fully saturated rings. The Hall–Kier alpha value is -1.45. The summed E-state index contributed by atoms with van der Waals surface area (Å²) in [5.74, 6) is -0.520. The van der Waals surface area contributed by atoms with Crippen molar-refractivity contribution in [2.75, 3.05) is 0 Å². The molecule has 0 bridgehead atoms. The minimum atomic E-state index is -2.49. The summed E-state index contributed by atoms with van der Waals surface area (Å²) < 4.78 is 29.7. The SMILES string of the molecule is CC1(CC(F)F)OC(=O)c2ccccc21. The van der Waals surface area contributed by atoms with E-state index in [0.29, 0.717) is 11.1 Å². The number of esters is 1. The van der Waals surface area contributed by atoms with Gasteiger partial charge in [-0.25, -0.2) is 13.6 Å². The standard InChI is InChI=1S/C11H10F2O2/c1-11(6-9(12)13)8-5-3-2-4-7(8)10(14)15-11/h2-5,9H,6H2,1H3. The number of halogens is 2. The summed E-state index contributed by atoms with van der Waals surface area (Å²) in [6, 6.07) is 6.65. The molecule has 1 heterocycles. The lowest BCUT2D eigenvalue weighted by Crippen LogP contribution is -2.24. The number of fused-ring (bicyclic) bond motifs is 1. The molecule has 4 heteroatoms. The normalized spacial score (nSPS) is 24.1. The summed E-state index contributed by atoms with van der Waals surface area (Å²) in [6.45, 7) is 1.52. The zero-order valence-electron chi connectivity index (χ0n) is 8.17. The Labute approximate surface area is 85.9 Å². The maximum atomic E-state index is 12.4. The highest BCUT2D eigenvalue weighted by Gasteiger charge is 2.43. The van der Waals surface area contributed by atoms with E-state index in [9.17, 15) is 13.6 Å². The van der Waals surface area contributed by atoms with Gasteiger partial charge in [0.1, 0.15) is 5.60 Å². The van der Waals surface area contributed by atoms with E-state index in [0.717, 1.165) is 0 Å². The Bertz CT molecular complexity index is 403. The van der Waals surface area contributed by atoms with Gasteiger partial charge in [-0.15, -0.1) is 0 Å². The van der Waals surface area contributed by atoms with Crippen molar-refractivity contribution in [1.82, 2.24) is 0 Å². The second kappa shape index (κ2) is 3.29. The van der Waals surface area contributed by atoms with Crippen LogP contribution in [-0.4, -0.2) is 12.4 Å². The van der Waals surface area contributed by atoms with Gasteiger partial charge in [0.05, 0.1) is 12.0 Å². The molecule has 0 N–H and O–H groups in total. The number of benzene rings is 1. The van der Waals surface area contributed by atoms with Crippen LogP contribution in [0.3, 0.4) is 0 Å². The van der Waals surface area contributed by atoms with Crippen molar-refractivity contribution in [3.63, 3.8) is 0 Å². The van der Waals surface area contributed by atoms with Gasteiger partial charge in [0.2, 0.25) is 6.43 Å². The van der Waals surface area contributed by atoms with Crippen LogP contribution in [0.2, 0.25) is 0 Å². The smallest absolute Gasteiger partial charge is 0.339 e. The molecule has 1 aliphatic heterocycles. The van der Waals surface area contributed by atoms with Gasteiger partial charge in [-0.1, -0.05) is 18.2 Å². The average molecular weight is 212 g/mol. The minimum absolute atomic E-state index is 0.389. The van der Waals surface area contributed by atoms with E-state index in [1.165, 1.54) is 6.92 Å². The van der Waals surface area contributed by atoms with Gasteiger partial charge in [0.25, 0.3) is 0 Å². The van der Waals surface area contributed by atoms with Gasteiger partial charge in [0.15, 0.2) is 0 Å². The molecule has 0 saturated heterocycles. The largest absolute Gasteiger partial charge is 0.451 e. The van der Waals surface area contributed by atoms with Crippen molar-refractivity contribution in [3.05, 3.63) is 35.4 Å². The lowest BCUT2D eigenvalue weighted by molar-refractivity contribution is -0.0316. The predicted octanol–water partition coefficient (Wildman–Crippen LogP) is 2.73. The number of carbonyl (C=O) groups is 1. The molecule has 0 aliphatic carbocycles. The van der Waals surface area contributed by atoms with Crippen LogP contribution < -0.4 is 0 Å². The van der Waals surface area contributed by atoms with Crippen molar-refractivity contribution in [2.24, 2.45) is 0 Å². The number of cyclic esters (lactones) is 1. The van der Waals surface area contributed by atoms with Crippen LogP contribution in [0.15, 0.2) is 24.3 Å². The van der Waals surface area contributed by atoms with Crippen molar-refractivity contribution in [1.29, 1.82) is 0 Å². The molecule has 1 aliphatic rings. The maximum absolute atomic E-state index is 12.4. The van der Waals surface area contributed by atoms with Gasteiger partial charge in [0, 0.05) is 5.56 Å². The van der Waals surface area contributed by atoms with E-state index < -0.39 is 24.4 Å². The van der Waals surface area contributed by atoms with Crippen LogP contribution in [-0.2, 0) is 10.3 Å². The number of alkyl halides is 2. The van der Waals surface area contributed by atoms with Crippen LogP contribution in [0.1, 0.15) is 29.3 Å². The van der Waals surface area contributed by atoms with Crippen molar-refractivity contribution in [2.45, 2.75) is 25.4 Å². The second-order valence-electron chi connectivity index (χ2n) is 3.76. The van der Waals surface area contributed by atoms with Gasteiger partial charge in [-0.3, -0.25) is 0 Å². The molecule has 1 atom stereocenters. The molecular formula is C11H10F2O2. The fourth-order valence-corrected chi connectivity index (χ4v) is 1.88. The van der Waals surface area contributed by atoms with Gasteiger partial charge in [-0.05, 0) is 13.0 Å². The Morgan fingerprint density at radius 1 is 1.40 bits per heavy atom. The zero-order valence-corrected chi connectivity index (χ0v) is 8.17. The highest BCUT2D eigenvalue weighted by Crippen LogP contribution is 2.40. The van der Waals surface area contributed by atoms with Crippen molar-refractivity contribution < 1.29 is 18.3 Å². The molecule has 0 saturated carbocycles. The summed E-state index contributed by atoms with van der Waals surface area (Å²) in [4.78, 5) is 11.4. The number of hydrogen-bond acceptors (Lipinski definition) is 2. The van der Waals surface area contributed by atoms with Gasteiger partial charge < -0.3 is 4.74 Å². The van der Waals surface area contributed by atoms with Gasteiger partial charge in [-0.2, -0.15) is 0 Å². The van der Waals surface area contributed by atoms with E-state index in [1.807, 2.05) is 0 Å². The number of rotatable bonds is 2. The molecule has 0 radical (unpaired) electrons. The molecule has 2 nitrogen and oxygen atoms in total. The third-order valence-electron chi connectivity index (χ3n) is 2.58. The lowest BCUT2D eigenvalue weighted by Gasteiger charge is -2.23. The molecule has 2 rings (SSSR count). The molecule has 1 aromatic rings. The lowest BCUT2D eigenvalue weighted by atomic mass is 9.91. The van der Waals surface area contributed by atoms with Crippen LogP contribution in [0, 0.1) is 0 Å². The summed E-state index contributed by atoms with van der Waals surface area (Å²) >= 11 is 0.